The summed E-state index contributed by atoms with van der Waals surface area (Å²) in [5, 5.41) is 28.0. The molecule has 5 N–H and O–H groups in total. The van der Waals surface area contributed by atoms with Crippen LogP contribution in [0.3, 0.4) is 0 Å². The molecule has 268 valence electrons. The number of benzene rings is 1. The second kappa shape index (κ2) is 16.8. The van der Waals surface area contributed by atoms with Crippen LogP contribution in [0.25, 0.3) is 10.9 Å². The summed E-state index contributed by atoms with van der Waals surface area (Å²) >= 11 is 0. The van der Waals surface area contributed by atoms with Gasteiger partial charge in [0.25, 0.3) is 0 Å². The van der Waals surface area contributed by atoms with E-state index < -0.39 is 59.3 Å². The molecule has 0 aliphatic rings. The number of carbonyl (C=O) groups is 5. The highest BCUT2D eigenvalue weighted by atomic mass is 16.4. The predicted molar refractivity (Wildman–Crippen MR) is 188 cm³/mol. The fraction of sp³-hybridized carbons (Fsp3) is 0.583. The summed E-state index contributed by atoms with van der Waals surface area (Å²) in [7, 11) is 5.30. The van der Waals surface area contributed by atoms with Crippen LogP contribution in [0.4, 0.5) is 0 Å². The smallest absolute Gasteiger partial charge is 0.326 e. The number of carboxylic acids is 2. The molecular formula is C36H57N5O7. The summed E-state index contributed by atoms with van der Waals surface area (Å²) in [5.74, 6) is -4.02. The number of nitrogens with one attached hydrogen (secondary N) is 3. The third kappa shape index (κ3) is 9.91. The second-order valence-electron chi connectivity index (χ2n) is 14.3. The van der Waals surface area contributed by atoms with Crippen LogP contribution in [-0.4, -0.2) is 87.6 Å². The van der Waals surface area contributed by atoms with Gasteiger partial charge in [-0.25, -0.2) is 4.79 Å². The number of hydrogen-bond acceptors (Lipinski definition) is 6. The van der Waals surface area contributed by atoms with Gasteiger partial charge in [0, 0.05) is 48.6 Å². The molecule has 0 bridgehead atoms. The number of aliphatic carboxylic acids is 2. The summed E-state index contributed by atoms with van der Waals surface area (Å²) in [5.41, 5.74) is 0.870. The number of rotatable bonds is 15. The highest BCUT2D eigenvalue weighted by Gasteiger charge is 2.42. The Bertz CT molecular complexity index is 1500. The Hall–Kier alpha value is -4.19. The minimum absolute atomic E-state index is 0. The molecule has 1 heterocycles. The summed E-state index contributed by atoms with van der Waals surface area (Å²) < 4.78 is 2.03. The van der Waals surface area contributed by atoms with Gasteiger partial charge in [0.1, 0.15) is 12.1 Å². The first-order chi connectivity index (χ1) is 21.6. The first kappa shape index (κ1) is 41.8. The van der Waals surface area contributed by atoms with Gasteiger partial charge < -0.3 is 35.6 Å². The largest absolute Gasteiger partial charge is 0.481 e. The normalized spacial score (nSPS) is 14.8. The number of fused-ring (bicyclic) bond motifs is 1. The third-order valence-corrected chi connectivity index (χ3v) is 8.77. The Labute approximate surface area is 285 Å². The third-order valence-electron chi connectivity index (χ3n) is 8.77. The number of likely N-dealkylation sites (N-methyl/N-ethyl adjacent to an activating group) is 2. The van der Waals surface area contributed by atoms with E-state index in [1.807, 2.05) is 90.5 Å². The molecule has 1 aromatic heterocycles. The van der Waals surface area contributed by atoms with Gasteiger partial charge in [0.15, 0.2) is 0 Å². The van der Waals surface area contributed by atoms with E-state index in [0.29, 0.717) is 0 Å². The average molecular weight is 672 g/mol. The van der Waals surface area contributed by atoms with Crippen molar-refractivity contribution in [2.24, 2.45) is 18.4 Å². The zero-order chi connectivity index (χ0) is 36.0. The minimum Gasteiger partial charge on any atom is -0.481 e. The number of carboxylic acid groups (broad SMARTS) is 2. The lowest BCUT2D eigenvalue weighted by molar-refractivity contribution is -0.142. The number of aromatic nitrogens is 1. The maximum atomic E-state index is 14.2. The van der Waals surface area contributed by atoms with Crippen LogP contribution in [-0.2, 0) is 36.4 Å². The van der Waals surface area contributed by atoms with Gasteiger partial charge in [-0.05, 0) is 43.4 Å². The van der Waals surface area contributed by atoms with Gasteiger partial charge in [0.05, 0.1) is 12.1 Å². The first-order valence-corrected chi connectivity index (χ1v) is 15.9. The Morgan fingerprint density at radius 2 is 1.56 bits per heavy atom. The van der Waals surface area contributed by atoms with E-state index in [2.05, 4.69) is 16.0 Å². The zero-order valence-electron chi connectivity index (χ0n) is 29.6. The van der Waals surface area contributed by atoms with E-state index in [1.54, 1.807) is 20.2 Å². The Kier molecular flexibility index (Phi) is 14.6. The molecule has 4 atom stereocenters. The molecule has 0 saturated heterocycles. The van der Waals surface area contributed by atoms with Crippen LogP contribution in [0.5, 0.6) is 0 Å². The fourth-order valence-corrected chi connectivity index (χ4v) is 5.94. The number of aryl methyl sites for hydroxylation is 1. The number of carbonyl (C=O) groups excluding carboxylic acids is 3. The van der Waals surface area contributed by atoms with E-state index in [9.17, 15) is 29.1 Å². The van der Waals surface area contributed by atoms with Crippen molar-refractivity contribution in [3.63, 3.8) is 0 Å². The first-order valence-electron chi connectivity index (χ1n) is 15.9. The van der Waals surface area contributed by atoms with Crippen molar-refractivity contribution in [1.29, 1.82) is 0 Å². The molecule has 2 rings (SSSR count). The van der Waals surface area contributed by atoms with Crippen LogP contribution in [0.2, 0.25) is 0 Å². The van der Waals surface area contributed by atoms with Crippen LogP contribution < -0.4 is 16.0 Å². The summed E-state index contributed by atoms with van der Waals surface area (Å²) in [6.07, 6.45) is 2.94. The fourth-order valence-electron chi connectivity index (χ4n) is 5.94. The van der Waals surface area contributed by atoms with Crippen molar-refractivity contribution < 1.29 is 34.2 Å². The van der Waals surface area contributed by atoms with Crippen molar-refractivity contribution >= 4 is 40.6 Å². The van der Waals surface area contributed by atoms with Crippen LogP contribution >= 0.6 is 0 Å². The highest BCUT2D eigenvalue weighted by Crippen LogP contribution is 2.35. The Balaban J connectivity index is 0.0000115. The topological polar surface area (TPSA) is 170 Å². The lowest BCUT2D eigenvalue weighted by Crippen LogP contribution is -2.61. The number of amides is 3. The van der Waals surface area contributed by atoms with Gasteiger partial charge in [-0.15, -0.1) is 0 Å². The van der Waals surface area contributed by atoms with Gasteiger partial charge in [-0.2, -0.15) is 0 Å². The molecule has 0 spiro atoms. The lowest BCUT2D eigenvalue weighted by Gasteiger charge is -2.39. The summed E-state index contributed by atoms with van der Waals surface area (Å²) in [4.78, 5) is 65.2. The maximum absolute atomic E-state index is 14.2. The van der Waals surface area contributed by atoms with Crippen molar-refractivity contribution in [3.8, 4) is 0 Å². The van der Waals surface area contributed by atoms with E-state index in [4.69, 9.17) is 5.11 Å². The highest BCUT2D eigenvalue weighted by molar-refractivity contribution is 5.96. The van der Waals surface area contributed by atoms with Gasteiger partial charge in [-0.1, -0.05) is 80.2 Å². The maximum Gasteiger partial charge on any atom is 0.326 e. The molecular weight excluding hydrogens is 614 g/mol. The number of para-hydroxylation sites is 1. The van der Waals surface area contributed by atoms with E-state index in [-0.39, 0.29) is 37.2 Å². The van der Waals surface area contributed by atoms with Crippen LogP contribution in [0, 0.1) is 11.3 Å². The van der Waals surface area contributed by atoms with Crippen molar-refractivity contribution in [3.05, 3.63) is 47.7 Å². The molecule has 0 fully saturated rings. The molecule has 0 aliphatic carbocycles. The molecule has 0 unspecified atom stereocenters. The molecule has 0 radical (unpaired) electrons. The van der Waals surface area contributed by atoms with Crippen molar-refractivity contribution in [2.75, 3.05) is 14.1 Å². The van der Waals surface area contributed by atoms with Gasteiger partial charge in [-0.3, -0.25) is 19.2 Å². The monoisotopic (exact) mass is 671 g/mol. The minimum atomic E-state index is -1.38. The molecule has 48 heavy (non-hydrogen) atoms. The zero-order valence-corrected chi connectivity index (χ0v) is 29.6. The molecule has 0 aliphatic heterocycles. The molecule has 12 nitrogen and oxygen atoms in total. The molecule has 0 saturated carbocycles. The van der Waals surface area contributed by atoms with E-state index >= 15 is 0 Å². The summed E-state index contributed by atoms with van der Waals surface area (Å²) in [6, 6.07) is 4.44. The van der Waals surface area contributed by atoms with E-state index in [1.165, 1.54) is 11.8 Å². The SMILES string of the molecule is C.CN[C@H](C(=O)N[C@H](C(=O)N(C)[C@H](/C=C(\C)C(=O)N[C@H](CCC(=O)O)C(=O)O)C(C)C)C(C)(C)C)C(C)(C)c1cn(C)c2ccccc12. The average Bonchev–Trinajstić information content (AvgIpc) is 3.32. The standard InChI is InChI=1S/C35H53N5O7.CH4/c1-20(2)26(18-21(3)30(43)37-24(33(46)47)16-17-27(41)42)40(11)32(45)29(34(4,5)6)38-31(44)28(36-9)35(7,8)23-19-39(10)25-15-13-12-14-22(23)25;/h12-15,18-20,24,26,28-29,36H,16-17H2,1-11H3,(H,37,43)(H,38,44)(H,41,42)(H,46,47);1H4/b21-18+;/t24-,26-,28-,29-;/m1./s1. The van der Waals surface area contributed by atoms with Crippen LogP contribution in [0.15, 0.2) is 42.1 Å². The lowest BCUT2D eigenvalue weighted by atomic mass is 9.76. The van der Waals surface area contributed by atoms with Crippen LogP contribution in [0.1, 0.15) is 81.2 Å². The number of hydrogen-bond donors (Lipinski definition) is 5. The Morgan fingerprint density at radius 1 is 0.979 bits per heavy atom. The predicted octanol–water partition coefficient (Wildman–Crippen LogP) is 4.07. The second-order valence-corrected chi connectivity index (χ2v) is 14.3. The van der Waals surface area contributed by atoms with Crippen molar-refractivity contribution in [2.45, 2.75) is 105 Å². The molecule has 2 aromatic rings. The van der Waals surface area contributed by atoms with Gasteiger partial charge in [0.2, 0.25) is 17.7 Å². The molecule has 1 aromatic carbocycles. The number of nitrogens with zero attached hydrogens (tertiary/aromatic N) is 2. The molecule has 12 heteroatoms. The van der Waals surface area contributed by atoms with Crippen molar-refractivity contribution in [1.82, 2.24) is 25.4 Å². The quantitative estimate of drug-likeness (QED) is 0.177. The summed E-state index contributed by atoms with van der Waals surface area (Å²) in [6.45, 7) is 14.9. The Morgan fingerprint density at radius 3 is 2.06 bits per heavy atom. The van der Waals surface area contributed by atoms with E-state index in [0.717, 1.165) is 16.5 Å². The molecule has 3 amide bonds. The van der Waals surface area contributed by atoms with Gasteiger partial charge >= 0.3 is 11.9 Å².